The van der Waals surface area contributed by atoms with Gasteiger partial charge in [-0.15, -0.1) is 0 Å². The van der Waals surface area contributed by atoms with Crippen molar-refractivity contribution >= 4 is 15.9 Å². The summed E-state index contributed by atoms with van der Waals surface area (Å²) in [5.74, 6) is 0.896. The predicted octanol–water partition coefficient (Wildman–Crippen LogP) is 3.34. The molecular formula is C13H15BrN2O. The van der Waals surface area contributed by atoms with Gasteiger partial charge in [0.2, 0.25) is 0 Å². The highest BCUT2D eigenvalue weighted by atomic mass is 79.9. The molecule has 0 saturated carbocycles. The van der Waals surface area contributed by atoms with E-state index in [9.17, 15) is 0 Å². The normalized spacial score (nSPS) is 10.5. The summed E-state index contributed by atoms with van der Waals surface area (Å²) < 4.78 is 8.68. The molecule has 0 bridgehead atoms. The highest BCUT2D eigenvalue weighted by Crippen LogP contribution is 2.19. The molecule has 0 radical (unpaired) electrons. The molecule has 0 unspecified atom stereocenters. The average molecular weight is 295 g/mol. The summed E-state index contributed by atoms with van der Waals surface area (Å²) in [6.07, 6.45) is 0. The van der Waals surface area contributed by atoms with Gasteiger partial charge in [0.15, 0.2) is 0 Å². The fourth-order valence-electron chi connectivity index (χ4n) is 1.66. The standard InChI is InChI=1S/C13H15BrN2O/c1-10-13(14)11(2)16(15-10)8-9-17-12-6-4-3-5-7-12/h3-7H,8-9H2,1-2H3. The van der Waals surface area contributed by atoms with Crippen molar-refractivity contribution < 1.29 is 4.74 Å². The number of nitrogens with zero attached hydrogens (tertiary/aromatic N) is 2. The Bertz CT molecular complexity index is 494. The monoisotopic (exact) mass is 294 g/mol. The summed E-state index contributed by atoms with van der Waals surface area (Å²) in [4.78, 5) is 0. The number of halogens is 1. The number of aryl methyl sites for hydroxylation is 1. The molecule has 1 aromatic carbocycles. The van der Waals surface area contributed by atoms with Gasteiger partial charge in [-0.25, -0.2) is 0 Å². The van der Waals surface area contributed by atoms with E-state index >= 15 is 0 Å². The van der Waals surface area contributed by atoms with Gasteiger partial charge in [-0.1, -0.05) is 18.2 Å². The predicted molar refractivity (Wildman–Crippen MR) is 71.3 cm³/mol. The molecule has 0 amide bonds. The van der Waals surface area contributed by atoms with Crippen LogP contribution < -0.4 is 4.74 Å². The second-order valence-corrected chi connectivity index (χ2v) is 4.66. The van der Waals surface area contributed by atoms with E-state index in [1.165, 1.54) is 0 Å². The van der Waals surface area contributed by atoms with Gasteiger partial charge in [0.05, 0.1) is 16.7 Å². The van der Waals surface area contributed by atoms with Crippen LogP contribution in [0.3, 0.4) is 0 Å². The number of hydrogen-bond donors (Lipinski definition) is 0. The lowest BCUT2D eigenvalue weighted by Crippen LogP contribution is -2.10. The summed E-state index contributed by atoms with van der Waals surface area (Å²) in [5.41, 5.74) is 2.15. The van der Waals surface area contributed by atoms with Crippen LogP contribution in [0.1, 0.15) is 11.4 Å². The van der Waals surface area contributed by atoms with Gasteiger partial charge >= 0.3 is 0 Å². The third-order valence-corrected chi connectivity index (χ3v) is 3.76. The Morgan fingerprint density at radius 2 is 1.94 bits per heavy atom. The Kier molecular flexibility index (Phi) is 3.84. The van der Waals surface area contributed by atoms with E-state index in [1.54, 1.807) is 0 Å². The number of benzene rings is 1. The minimum Gasteiger partial charge on any atom is -0.492 e. The molecular weight excluding hydrogens is 280 g/mol. The van der Waals surface area contributed by atoms with Crippen LogP contribution in [-0.4, -0.2) is 16.4 Å². The molecule has 0 N–H and O–H groups in total. The molecule has 1 aromatic heterocycles. The van der Waals surface area contributed by atoms with Crippen LogP contribution in [0, 0.1) is 13.8 Å². The molecule has 0 saturated heterocycles. The number of rotatable bonds is 4. The maximum Gasteiger partial charge on any atom is 0.119 e. The SMILES string of the molecule is Cc1nn(CCOc2ccccc2)c(C)c1Br. The first-order valence-electron chi connectivity index (χ1n) is 5.56. The Labute approximate surface area is 110 Å². The zero-order valence-corrected chi connectivity index (χ0v) is 11.6. The van der Waals surface area contributed by atoms with Crippen molar-refractivity contribution in [1.82, 2.24) is 9.78 Å². The Morgan fingerprint density at radius 3 is 2.53 bits per heavy atom. The third kappa shape index (κ3) is 2.88. The molecule has 0 atom stereocenters. The molecule has 0 fully saturated rings. The zero-order valence-electron chi connectivity index (χ0n) is 9.98. The summed E-state index contributed by atoms with van der Waals surface area (Å²) >= 11 is 3.51. The van der Waals surface area contributed by atoms with E-state index < -0.39 is 0 Å². The molecule has 0 aliphatic rings. The zero-order chi connectivity index (χ0) is 12.3. The van der Waals surface area contributed by atoms with Gasteiger partial charge in [0.1, 0.15) is 12.4 Å². The minimum atomic E-state index is 0.623. The largest absolute Gasteiger partial charge is 0.492 e. The molecule has 3 nitrogen and oxygen atoms in total. The second kappa shape index (κ2) is 5.36. The van der Waals surface area contributed by atoms with Gasteiger partial charge in [-0.05, 0) is 41.9 Å². The Hall–Kier alpha value is -1.29. The van der Waals surface area contributed by atoms with E-state index in [-0.39, 0.29) is 0 Å². The van der Waals surface area contributed by atoms with E-state index in [4.69, 9.17) is 4.74 Å². The van der Waals surface area contributed by atoms with E-state index in [0.717, 1.165) is 28.2 Å². The number of ether oxygens (including phenoxy) is 1. The quantitative estimate of drug-likeness (QED) is 0.865. The van der Waals surface area contributed by atoms with Crippen LogP contribution in [-0.2, 0) is 6.54 Å². The molecule has 2 aromatic rings. The number of hydrogen-bond acceptors (Lipinski definition) is 2. The topological polar surface area (TPSA) is 27.1 Å². The highest BCUT2D eigenvalue weighted by molar-refractivity contribution is 9.10. The fourth-order valence-corrected chi connectivity index (χ4v) is 1.94. The lowest BCUT2D eigenvalue weighted by atomic mass is 10.3. The average Bonchev–Trinajstić information content (AvgIpc) is 2.59. The first kappa shape index (κ1) is 12.2. The molecule has 2 rings (SSSR count). The van der Waals surface area contributed by atoms with E-state index in [0.29, 0.717) is 6.61 Å². The molecule has 4 heteroatoms. The van der Waals surface area contributed by atoms with Gasteiger partial charge < -0.3 is 4.74 Å². The Balaban J connectivity index is 1.92. The van der Waals surface area contributed by atoms with Crippen LogP contribution in [0.5, 0.6) is 5.75 Å². The molecule has 1 heterocycles. The van der Waals surface area contributed by atoms with Gasteiger partial charge in [-0.3, -0.25) is 4.68 Å². The summed E-state index contributed by atoms with van der Waals surface area (Å²) in [6, 6.07) is 9.82. The molecule has 17 heavy (non-hydrogen) atoms. The second-order valence-electron chi connectivity index (χ2n) is 3.87. The smallest absolute Gasteiger partial charge is 0.119 e. The number of para-hydroxylation sites is 1. The van der Waals surface area contributed by atoms with Gasteiger partial charge in [0, 0.05) is 5.69 Å². The van der Waals surface area contributed by atoms with Crippen molar-refractivity contribution in [2.45, 2.75) is 20.4 Å². The maximum atomic E-state index is 5.64. The van der Waals surface area contributed by atoms with Crippen LogP contribution in [0.25, 0.3) is 0 Å². The minimum absolute atomic E-state index is 0.623. The fraction of sp³-hybridized carbons (Fsp3) is 0.308. The van der Waals surface area contributed by atoms with Crippen molar-refractivity contribution in [3.63, 3.8) is 0 Å². The molecule has 0 spiro atoms. The van der Waals surface area contributed by atoms with Crippen molar-refractivity contribution in [3.8, 4) is 5.75 Å². The highest BCUT2D eigenvalue weighted by Gasteiger charge is 2.07. The third-order valence-electron chi connectivity index (χ3n) is 2.61. The lowest BCUT2D eigenvalue weighted by molar-refractivity contribution is 0.289. The van der Waals surface area contributed by atoms with Gasteiger partial charge in [-0.2, -0.15) is 5.10 Å². The van der Waals surface area contributed by atoms with E-state index in [1.807, 2.05) is 48.9 Å². The molecule has 90 valence electrons. The van der Waals surface area contributed by atoms with Crippen molar-refractivity contribution in [2.75, 3.05) is 6.61 Å². The Morgan fingerprint density at radius 1 is 1.24 bits per heavy atom. The van der Waals surface area contributed by atoms with Crippen LogP contribution in [0.2, 0.25) is 0 Å². The van der Waals surface area contributed by atoms with Gasteiger partial charge in [0.25, 0.3) is 0 Å². The maximum absolute atomic E-state index is 5.64. The first-order valence-corrected chi connectivity index (χ1v) is 6.35. The molecule has 0 aliphatic heterocycles. The van der Waals surface area contributed by atoms with Crippen LogP contribution in [0.4, 0.5) is 0 Å². The van der Waals surface area contributed by atoms with Crippen molar-refractivity contribution in [1.29, 1.82) is 0 Å². The van der Waals surface area contributed by atoms with Crippen molar-refractivity contribution in [3.05, 3.63) is 46.2 Å². The summed E-state index contributed by atoms with van der Waals surface area (Å²) in [7, 11) is 0. The lowest BCUT2D eigenvalue weighted by Gasteiger charge is -2.07. The van der Waals surface area contributed by atoms with Crippen LogP contribution in [0.15, 0.2) is 34.8 Å². The first-order chi connectivity index (χ1) is 8.18. The summed E-state index contributed by atoms with van der Waals surface area (Å²) in [6.45, 7) is 5.42. The van der Waals surface area contributed by atoms with E-state index in [2.05, 4.69) is 21.0 Å². The van der Waals surface area contributed by atoms with Crippen LogP contribution >= 0.6 is 15.9 Å². The molecule has 0 aliphatic carbocycles. The number of aromatic nitrogens is 2. The van der Waals surface area contributed by atoms with Crippen molar-refractivity contribution in [2.24, 2.45) is 0 Å². The summed E-state index contributed by atoms with van der Waals surface area (Å²) in [5, 5.41) is 4.43.